The summed E-state index contributed by atoms with van der Waals surface area (Å²) in [5.41, 5.74) is 0.360. The van der Waals surface area contributed by atoms with Gasteiger partial charge in [0, 0.05) is 24.9 Å². The van der Waals surface area contributed by atoms with Gasteiger partial charge < -0.3 is 14.5 Å². The van der Waals surface area contributed by atoms with Crippen LogP contribution in [0.15, 0.2) is 52.0 Å². The number of nitrogens with one attached hydrogen (secondary N) is 1. The first-order valence-electron chi connectivity index (χ1n) is 8.71. The molecular weight excluding hydrogens is 368 g/mol. The number of furan rings is 1. The lowest BCUT2D eigenvalue weighted by molar-refractivity contribution is -0.111. The van der Waals surface area contributed by atoms with E-state index in [1.165, 1.54) is 28.8 Å². The van der Waals surface area contributed by atoms with Crippen LogP contribution in [0.2, 0.25) is 0 Å². The number of hydrogen-bond donors (Lipinski definition) is 1. The molecule has 0 spiro atoms. The van der Waals surface area contributed by atoms with Gasteiger partial charge in [0.25, 0.3) is 0 Å². The Morgan fingerprint density at radius 1 is 1.22 bits per heavy atom. The molecule has 1 heterocycles. The number of nitrogens with zero attached hydrogens (tertiary/aromatic N) is 1. The minimum absolute atomic E-state index is 0.0286. The van der Waals surface area contributed by atoms with Crippen molar-refractivity contribution in [2.24, 2.45) is 0 Å². The zero-order valence-electron chi connectivity index (χ0n) is 15.6. The molecule has 7 nitrogen and oxygen atoms in total. The van der Waals surface area contributed by atoms with Crippen LogP contribution in [-0.2, 0) is 14.8 Å². The van der Waals surface area contributed by atoms with Crippen LogP contribution in [0.4, 0.5) is 5.69 Å². The third kappa shape index (κ3) is 5.21. The summed E-state index contributed by atoms with van der Waals surface area (Å²) in [6.07, 6.45) is 4.35. The van der Waals surface area contributed by atoms with E-state index in [0.29, 0.717) is 31.1 Å². The molecule has 0 fully saturated rings. The lowest BCUT2D eigenvalue weighted by atomic mass is 10.3. The summed E-state index contributed by atoms with van der Waals surface area (Å²) in [5.74, 6) is 0.400. The van der Waals surface area contributed by atoms with Crippen molar-refractivity contribution >= 4 is 27.7 Å². The van der Waals surface area contributed by atoms with E-state index in [1.54, 1.807) is 45.0 Å². The van der Waals surface area contributed by atoms with Crippen LogP contribution in [0.1, 0.15) is 26.5 Å². The Bertz CT molecular complexity index is 885. The molecule has 0 radical (unpaired) electrons. The summed E-state index contributed by atoms with van der Waals surface area (Å²) in [6, 6.07) is 8.00. The van der Waals surface area contributed by atoms with Crippen molar-refractivity contribution in [3.63, 3.8) is 0 Å². The smallest absolute Gasteiger partial charge is 0.248 e. The number of anilines is 1. The van der Waals surface area contributed by atoms with E-state index >= 15 is 0 Å². The highest BCUT2D eigenvalue weighted by atomic mass is 32.2. The predicted octanol–water partition coefficient (Wildman–Crippen LogP) is 3.36. The predicted molar refractivity (Wildman–Crippen MR) is 104 cm³/mol. The zero-order chi connectivity index (χ0) is 19.9. The number of sulfonamides is 1. The number of benzene rings is 1. The molecular formula is C19H24N2O5S. The van der Waals surface area contributed by atoms with Crippen molar-refractivity contribution in [1.82, 2.24) is 4.31 Å². The fourth-order valence-corrected chi connectivity index (χ4v) is 4.11. The first-order chi connectivity index (χ1) is 12.9. The van der Waals surface area contributed by atoms with Crippen LogP contribution in [0.3, 0.4) is 0 Å². The summed E-state index contributed by atoms with van der Waals surface area (Å²) in [6.45, 7) is 6.33. The van der Waals surface area contributed by atoms with Crippen LogP contribution in [0, 0.1) is 0 Å². The quantitative estimate of drug-likeness (QED) is 0.661. The van der Waals surface area contributed by atoms with E-state index in [0.717, 1.165) is 0 Å². The second kappa shape index (κ2) is 9.38. The average Bonchev–Trinajstić information content (AvgIpc) is 3.16. The van der Waals surface area contributed by atoms with Crippen molar-refractivity contribution in [3.05, 3.63) is 48.4 Å². The molecule has 1 amide bonds. The molecule has 0 aliphatic rings. The van der Waals surface area contributed by atoms with E-state index in [9.17, 15) is 13.2 Å². The average molecular weight is 392 g/mol. The second-order valence-electron chi connectivity index (χ2n) is 5.52. The Morgan fingerprint density at radius 2 is 1.96 bits per heavy atom. The number of amides is 1. The number of carbonyl (C=O) groups excluding carboxylic acids is 1. The number of ether oxygens (including phenoxy) is 1. The summed E-state index contributed by atoms with van der Waals surface area (Å²) in [4.78, 5) is 12.1. The van der Waals surface area contributed by atoms with Crippen molar-refractivity contribution in [3.8, 4) is 5.75 Å². The molecule has 8 heteroatoms. The topological polar surface area (TPSA) is 88.8 Å². The van der Waals surface area contributed by atoms with Gasteiger partial charge in [-0.3, -0.25) is 4.79 Å². The van der Waals surface area contributed by atoms with Gasteiger partial charge in [-0.25, -0.2) is 8.42 Å². The van der Waals surface area contributed by atoms with Gasteiger partial charge >= 0.3 is 0 Å². The maximum Gasteiger partial charge on any atom is 0.248 e. The molecule has 0 aliphatic heterocycles. The van der Waals surface area contributed by atoms with Gasteiger partial charge in [-0.15, -0.1) is 0 Å². The van der Waals surface area contributed by atoms with E-state index in [2.05, 4.69) is 5.32 Å². The second-order valence-corrected chi connectivity index (χ2v) is 7.43. The Morgan fingerprint density at radius 3 is 2.56 bits per heavy atom. The highest BCUT2D eigenvalue weighted by Crippen LogP contribution is 2.30. The Labute approximate surface area is 159 Å². The minimum atomic E-state index is -3.74. The molecule has 1 aromatic heterocycles. The lowest BCUT2D eigenvalue weighted by Gasteiger charge is -2.21. The van der Waals surface area contributed by atoms with E-state index in [4.69, 9.17) is 9.15 Å². The molecule has 0 saturated carbocycles. The standard InChI is InChI=1S/C19H24N2O5S/c1-4-21(5-2)27(23,24)18-14-15(9-11-17(18)25-6-3)20-19(22)12-10-16-8-7-13-26-16/h7-14H,4-6H2,1-3H3,(H,20,22)/b12-10+. The fraction of sp³-hybridized carbons (Fsp3) is 0.316. The largest absolute Gasteiger partial charge is 0.492 e. The third-order valence-corrected chi connectivity index (χ3v) is 5.85. The van der Waals surface area contributed by atoms with Crippen LogP contribution in [0.25, 0.3) is 6.08 Å². The van der Waals surface area contributed by atoms with Crippen LogP contribution >= 0.6 is 0 Å². The molecule has 0 unspecified atom stereocenters. The number of carbonyl (C=O) groups is 1. The SMILES string of the molecule is CCOc1ccc(NC(=O)/C=C/c2ccco2)cc1S(=O)(=O)N(CC)CC. The zero-order valence-corrected chi connectivity index (χ0v) is 16.5. The van der Waals surface area contributed by atoms with Gasteiger partial charge in [0.15, 0.2) is 0 Å². The number of hydrogen-bond acceptors (Lipinski definition) is 5. The van der Waals surface area contributed by atoms with E-state index in [-0.39, 0.29) is 10.6 Å². The summed E-state index contributed by atoms with van der Waals surface area (Å²) >= 11 is 0. The maximum absolute atomic E-state index is 12.9. The van der Waals surface area contributed by atoms with Gasteiger partial charge in [0.05, 0.1) is 12.9 Å². The van der Waals surface area contributed by atoms with E-state index < -0.39 is 15.9 Å². The molecule has 2 rings (SSSR count). The van der Waals surface area contributed by atoms with E-state index in [1.807, 2.05) is 0 Å². The molecule has 2 aromatic rings. The van der Waals surface area contributed by atoms with Crippen molar-refractivity contribution in [2.75, 3.05) is 25.0 Å². The summed E-state index contributed by atoms with van der Waals surface area (Å²) in [7, 11) is -3.74. The molecule has 0 saturated heterocycles. The first-order valence-corrected chi connectivity index (χ1v) is 10.2. The molecule has 0 bridgehead atoms. The molecule has 27 heavy (non-hydrogen) atoms. The monoisotopic (exact) mass is 392 g/mol. The van der Waals surface area contributed by atoms with Gasteiger partial charge in [0.1, 0.15) is 16.4 Å². The van der Waals surface area contributed by atoms with Crippen LogP contribution in [0.5, 0.6) is 5.75 Å². The highest BCUT2D eigenvalue weighted by Gasteiger charge is 2.26. The maximum atomic E-state index is 12.9. The minimum Gasteiger partial charge on any atom is -0.492 e. The summed E-state index contributed by atoms with van der Waals surface area (Å²) < 4.78 is 37.8. The Kier molecular flexibility index (Phi) is 7.20. The van der Waals surface area contributed by atoms with Gasteiger partial charge in [-0.1, -0.05) is 13.8 Å². The van der Waals surface area contributed by atoms with Crippen molar-refractivity contribution in [1.29, 1.82) is 0 Å². The number of rotatable bonds is 9. The van der Waals surface area contributed by atoms with Crippen molar-refractivity contribution < 1.29 is 22.4 Å². The molecule has 146 valence electrons. The molecule has 0 atom stereocenters. The first kappa shape index (κ1) is 20.7. The molecule has 0 aliphatic carbocycles. The van der Waals surface area contributed by atoms with Gasteiger partial charge in [-0.05, 0) is 43.3 Å². The Hall–Kier alpha value is -2.58. The molecule has 1 aromatic carbocycles. The van der Waals surface area contributed by atoms with Crippen LogP contribution in [-0.4, -0.2) is 38.3 Å². The van der Waals surface area contributed by atoms with Gasteiger partial charge in [0.2, 0.25) is 15.9 Å². The Balaban J connectivity index is 2.30. The fourth-order valence-electron chi connectivity index (χ4n) is 2.49. The normalized spacial score (nSPS) is 11.9. The van der Waals surface area contributed by atoms with Gasteiger partial charge in [-0.2, -0.15) is 4.31 Å². The lowest BCUT2D eigenvalue weighted by Crippen LogP contribution is -2.31. The van der Waals surface area contributed by atoms with Crippen molar-refractivity contribution in [2.45, 2.75) is 25.7 Å². The summed E-state index contributed by atoms with van der Waals surface area (Å²) in [5, 5.41) is 2.66. The highest BCUT2D eigenvalue weighted by molar-refractivity contribution is 7.89. The molecule has 1 N–H and O–H groups in total. The third-order valence-electron chi connectivity index (χ3n) is 3.78. The van der Waals surface area contributed by atoms with Crippen LogP contribution < -0.4 is 10.1 Å².